The second-order valence-corrected chi connectivity index (χ2v) is 10.7. The molecule has 0 radical (unpaired) electrons. The number of primary amides is 1. The zero-order chi connectivity index (χ0) is 28.7. The second kappa shape index (κ2) is 8.31. The van der Waals surface area contributed by atoms with Crippen molar-refractivity contribution in [3.05, 3.63) is 42.0 Å². The van der Waals surface area contributed by atoms with Crippen LogP contribution >= 0.6 is 0 Å². The lowest BCUT2D eigenvalue weighted by molar-refractivity contribution is -0.166. The average Bonchev–Trinajstić information content (AvgIpc) is 2.83. The van der Waals surface area contributed by atoms with E-state index in [9.17, 15) is 34.3 Å². The molecule has 0 bridgehead atoms. The number of nitriles is 1. The third-order valence-corrected chi connectivity index (χ3v) is 8.35. The molecule has 1 aromatic carbocycles. The van der Waals surface area contributed by atoms with Crippen molar-refractivity contribution in [3.8, 4) is 22.9 Å². The molecule has 3 aliphatic rings. The topological polar surface area (TPSA) is 236 Å². The van der Waals surface area contributed by atoms with E-state index in [1.54, 1.807) is 12.1 Å². The van der Waals surface area contributed by atoms with Crippen molar-refractivity contribution in [2.75, 3.05) is 14.1 Å². The van der Waals surface area contributed by atoms with Crippen molar-refractivity contribution in [2.45, 2.75) is 30.0 Å². The summed E-state index contributed by atoms with van der Waals surface area (Å²) in [5.74, 6) is -10.1. The Morgan fingerprint density at radius 2 is 1.77 bits per heavy atom. The van der Waals surface area contributed by atoms with Gasteiger partial charge in [0.2, 0.25) is 5.91 Å². The average molecular weight is 532 g/mol. The number of phenols is 1. The third kappa shape index (κ3) is 3.13. The van der Waals surface area contributed by atoms with Crippen LogP contribution in [-0.2, 0) is 25.6 Å². The van der Waals surface area contributed by atoms with Crippen molar-refractivity contribution >= 4 is 29.0 Å². The SMILES string of the molecule is CN(C)[C@@H]1C(=O)C(C(N)=O)C(=O)[C@@]2(C#N)C(=O)C3C(=O)c4c(O)ccc(-c5cncnc5)c4C[C@@]3(N)C[C@@]12N. The predicted molar refractivity (Wildman–Crippen MR) is 132 cm³/mol. The smallest absolute Gasteiger partial charge is 0.235 e. The number of phenolic OH excluding ortho intramolecular Hbond substituents is 1. The van der Waals surface area contributed by atoms with Gasteiger partial charge in [-0.1, -0.05) is 6.07 Å². The second-order valence-electron chi connectivity index (χ2n) is 10.7. The van der Waals surface area contributed by atoms with Gasteiger partial charge in [-0.2, -0.15) is 5.26 Å². The zero-order valence-electron chi connectivity index (χ0n) is 21.0. The highest BCUT2D eigenvalue weighted by molar-refractivity contribution is 6.33. The number of carbonyl (C=O) groups excluding carboxylic acids is 5. The highest BCUT2D eigenvalue weighted by Gasteiger charge is 2.78. The molecule has 2 aromatic rings. The van der Waals surface area contributed by atoms with E-state index in [-0.39, 0.29) is 12.0 Å². The molecular formula is C26H25N7O6. The third-order valence-electron chi connectivity index (χ3n) is 8.35. The van der Waals surface area contributed by atoms with Crippen molar-refractivity contribution in [3.63, 3.8) is 0 Å². The molecule has 0 spiro atoms. The van der Waals surface area contributed by atoms with Gasteiger partial charge in [-0.3, -0.25) is 28.9 Å². The number of nitrogens with zero attached hydrogens (tertiary/aromatic N) is 4. The molecule has 5 rings (SSSR count). The van der Waals surface area contributed by atoms with E-state index in [1.165, 1.54) is 43.8 Å². The van der Waals surface area contributed by atoms with Crippen LogP contribution in [0.25, 0.3) is 11.1 Å². The molecule has 200 valence electrons. The molecule has 0 aliphatic heterocycles. The van der Waals surface area contributed by atoms with Crippen LogP contribution in [0, 0.1) is 28.6 Å². The van der Waals surface area contributed by atoms with E-state index in [1.807, 2.05) is 0 Å². The van der Waals surface area contributed by atoms with Crippen LogP contribution < -0.4 is 17.2 Å². The number of likely N-dealkylation sites (N-methyl/N-ethyl adjacent to an activating group) is 1. The first-order chi connectivity index (χ1) is 18.3. The lowest BCUT2D eigenvalue weighted by atomic mass is 9.42. The Kier molecular flexibility index (Phi) is 5.59. The molecule has 13 heteroatoms. The molecule has 0 saturated heterocycles. The van der Waals surface area contributed by atoms with Gasteiger partial charge < -0.3 is 22.3 Å². The summed E-state index contributed by atoms with van der Waals surface area (Å²) < 4.78 is 0. The Bertz CT molecular complexity index is 1540. The van der Waals surface area contributed by atoms with Gasteiger partial charge >= 0.3 is 0 Å². The minimum Gasteiger partial charge on any atom is -0.507 e. The number of aromatic hydroxyl groups is 1. The van der Waals surface area contributed by atoms with Crippen LogP contribution in [0.5, 0.6) is 5.75 Å². The fourth-order valence-corrected chi connectivity index (χ4v) is 6.92. The monoisotopic (exact) mass is 531 g/mol. The van der Waals surface area contributed by atoms with E-state index in [2.05, 4.69) is 9.97 Å². The fourth-order valence-electron chi connectivity index (χ4n) is 6.92. The molecule has 7 N–H and O–H groups in total. The van der Waals surface area contributed by atoms with Gasteiger partial charge in [-0.15, -0.1) is 0 Å². The van der Waals surface area contributed by atoms with Crippen LogP contribution in [0.15, 0.2) is 30.9 Å². The summed E-state index contributed by atoms with van der Waals surface area (Å²) in [6.45, 7) is 0. The number of aromatic nitrogens is 2. The van der Waals surface area contributed by atoms with Gasteiger partial charge in [0, 0.05) is 23.5 Å². The zero-order valence-corrected chi connectivity index (χ0v) is 21.0. The Balaban J connectivity index is 1.79. The predicted octanol–water partition coefficient (Wildman–Crippen LogP) is -1.73. The fraction of sp³-hybridized carbons (Fsp3) is 0.385. The molecule has 39 heavy (non-hydrogen) atoms. The number of hydrogen-bond acceptors (Lipinski definition) is 12. The number of Topliss-reactive ketones (excluding diaryl/α,β-unsaturated/α-hetero) is 4. The molecule has 13 nitrogen and oxygen atoms in total. The standard InChI is InChI=1S/C26H25N7O6/c1-33(2)20-19(36)16(23(28)39)21(37)25(9-27)22(38)17-18(35)15-13(5-24(17,29)8-26(20,25)30)12(3-4-14(15)34)11-6-31-10-32-7-11/h3-4,6-7,10,16-17,20,34H,5,8,29-30H2,1-2H3,(H2,28,39)/t16?,17?,20-,24-,25+,26-/m1/s1. The summed E-state index contributed by atoms with van der Waals surface area (Å²) in [4.78, 5) is 77.0. The normalized spacial score (nSPS) is 33.7. The summed E-state index contributed by atoms with van der Waals surface area (Å²) in [5, 5.41) is 21.1. The Hall–Kier alpha value is -4.38. The van der Waals surface area contributed by atoms with E-state index < -0.39 is 75.6 Å². The van der Waals surface area contributed by atoms with E-state index in [0.29, 0.717) is 16.7 Å². The van der Waals surface area contributed by atoms with Gasteiger partial charge in [-0.05, 0) is 44.1 Å². The van der Waals surface area contributed by atoms with Gasteiger partial charge in [0.1, 0.15) is 18.0 Å². The first-order valence-corrected chi connectivity index (χ1v) is 12.0. The molecule has 1 amide bonds. The van der Waals surface area contributed by atoms with Gasteiger partial charge in [0.15, 0.2) is 34.5 Å². The van der Waals surface area contributed by atoms with Crippen LogP contribution in [0.1, 0.15) is 22.3 Å². The number of rotatable bonds is 3. The minimum absolute atomic E-state index is 0.175. The van der Waals surface area contributed by atoms with Crippen molar-refractivity contribution in [2.24, 2.45) is 34.5 Å². The van der Waals surface area contributed by atoms with Crippen molar-refractivity contribution in [1.29, 1.82) is 5.26 Å². The maximum Gasteiger partial charge on any atom is 0.235 e. The van der Waals surface area contributed by atoms with Crippen molar-refractivity contribution in [1.82, 2.24) is 14.9 Å². The number of amides is 1. The Morgan fingerprint density at radius 3 is 2.33 bits per heavy atom. The largest absolute Gasteiger partial charge is 0.507 e. The lowest BCUT2D eigenvalue weighted by Gasteiger charge is -2.60. The van der Waals surface area contributed by atoms with Crippen LogP contribution in [0.3, 0.4) is 0 Å². The number of nitrogens with two attached hydrogens (primary N) is 3. The Morgan fingerprint density at radius 1 is 1.13 bits per heavy atom. The summed E-state index contributed by atoms with van der Waals surface area (Å²) in [6.07, 6.45) is 3.66. The van der Waals surface area contributed by atoms with Gasteiger partial charge in [-0.25, -0.2) is 9.97 Å². The van der Waals surface area contributed by atoms with Gasteiger partial charge in [0.25, 0.3) is 0 Å². The first kappa shape index (κ1) is 26.2. The first-order valence-electron chi connectivity index (χ1n) is 12.0. The summed E-state index contributed by atoms with van der Waals surface area (Å²) >= 11 is 0. The summed E-state index contributed by atoms with van der Waals surface area (Å²) in [6, 6.07) is 3.05. The minimum atomic E-state index is -2.78. The molecular weight excluding hydrogens is 506 g/mol. The number of benzene rings is 1. The summed E-state index contributed by atoms with van der Waals surface area (Å²) in [7, 11) is 2.89. The van der Waals surface area contributed by atoms with E-state index in [0.717, 1.165) is 0 Å². The number of carbonyl (C=O) groups is 5. The quantitative estimate of drug-likeness (QED) is 0.323. The molecule has 2 fully saturated rings. The molecule has 3 aliphatic carbocycles. The highest BCUT2D eigenvalue weighted by atomic mass is 16.3. The number of fused-ring (bicyclic) bond motifs is 3. The van der Waals surface area contributed by atoms with Crippen LogP contribution in [0.2, 0.25) is 0 Å². The van der Waals surface area contributed by atoms with E-state index >= 15 is 0 Å². The summed E-state index contributed by atoms with van der Waals surface area (Å²) in [5.41, 5.74) is 13.3. The number of ketones is 4. The molecule has 2 unspecified atom stereocenters. The molecule has 6 atom stereocenters. The lowest BCUT2D eigenvalue weighted by Crippen LogP contribution is -2.85. The molecule has 1 heterocycles. The maximum atomic E-state index is 14.3. The van der Waals surface area contributed by atoms with E-state index in [4.69, 9.17) is 17.2 Å². The van der Waals surface area contributed by atoms with Gasteiger partial charge in [0.05, 0.1) is 23.2 Å². The molecule has 1 aromatic heterocycles. The Labute approximate surface area is 222 Å². The van der Waals surface area contributed by atoms with Crippen LogP contribution in [0.4, 0.5) is 0 Å². The number of hydrogen-bond donors (Lipinski definition) is 4. The van der Waals surface area contributed by atoms with Crippen LogP contribution in [-0.4, -0.2) is 80.2 Å². The maximum absolute atomic E-state index is 14.3. The van der Waals surface area contributed by atoms with Crippen molar-refractivity contribution < 1.29 is 29.1 Å². The highest BCUT2D eigenvalue weighted by Crippen LogP contribution is 2.56. The molecule has 2 saturated carbocycles.